The number of phosphoric acid groups is 1. The van der Waals surface area contributed by atoms with Crippen LogP contribution in [0, 0.1) is 0 Å². The van der Waals surface area contributed by atoms with Crippen molar-refractivity contribution in [3.63, 3.8) is 0 Å². The molecule has 0 saturated heterocycles. The lowest BCUT2D eigenvalue weighted by atomic mass is 9.92. The quantitative estimate of drug-likeness (QED) is 0.636. The predicted octanol–water partition coefficient (Wildman–Crippen LogP) is 3.43. The highest BCUT2D eigenvalue weighted by molar-refractivity contribution is 9.09. The number of benzene rings is 2. The van der Waals surface area contributed by atoms with Crippen LogP contribution in [0.5, 0.6) is 0 Å². The number of rotatable bonds is 5. The Morgan fingerprint density at radius 3 is 1.70 bits per heavy atom. The third-order valence-corrected chi connectivity index (χ3v) is 4.50. The van der Waals surface area contributed by atoms with Gasteiger partial charge in [-0.05, 0) is 11.1 Å². The Hall–Kier alpha value is -0.970. The van der Waals surface area contributed by atoms with E-state index in [9.17, 15) is 4.57 Å². The molecule has 0 radical (unpaired) electrons. The Morgan fingerprint density at radius 2 is 1.35 bits per heavy atom. The van der Waals surface area contributed by atoms with Gasteiger partial charge in [-0.1, -0.05) is 76.6 Å². The second-order valence-corrected chi connectivity index (χ2v) is 6.89. The minimum absolute atomic E-state index is 0.175. The lowest BCUT2D eigenvalue weighted by Crippen LogP contribution is -2.26. The Labute approximate surface area is 125 Å². The molecule has 2 N–H and O–H groups in total. The van der Waals surface area contributed by atoms with Crippen LogP contribution in [0.1, 0.15) is 11.1 Å². The van der Waals surface area contributed by atoms with Crippen molar-refractivity contribution in [2.45, 2.75) is 4.32 Å². The van der Waals surface area contributed by atoms with Gasteiger partial charge in [0.25, 0.3) is 0 Å². The summed E-state index contributed by atoms with van der Waals surface area (Å²) in [6.45, 7) is -0.175. The van der Waals surface area contributed by atoms with Crippen LogP contribution in [0.4, 0.5) is 0 Å². The average molecular weight is 357 g/mol. The van der Waals surface area contributed by atoms with E-state index in [1.165, 1.54) is 0 Å². The van der Waals surface area contributed by atoms with Gasteiger partial charge in [0, 0.05) is 0 Å². The smallest absolute Gasteiger partial charge is 0.303 e. The molecule has 0 unspecified atom stereocenters. The molecule has 0 amide bonds. The van der Waals surface area contributed by atoms with Crippen LogP contribution in [-0.4, -0.2) is 16.4 Å². The summed E-state index contributed by atoms with van der Waals surface area (Å²) in [7, 11) is -4.53. The third-order valence-electron chi connectivity index (χ3n) is 2.89. The molecule has 106 valence electrons. The standard InChI is InChI=1S/C14H14BrO4P/c15-14(11-19-20(16,17)18,12-7-3-1-4-8-12)13-9-5-2-6-10-13/h1-10H,11H2,(H2,16,17,18). The van der Waals surface area contributed by atoms with E-state index in [-0.39, 0.29) is 6.61 Å². The highest BCUT2D eigenvalue weighted by Crippen LogP contribution is 2.44. The predicted molar refractivity (Wildman–Crippen MR) is 80.6 cm³/mol. The second kappa shape index (κ2) is 6.20. The van der Waals surface area contributed by atoms with Gasteiger partial charge in [0.15, 0.2) is 0 Å². The summed E-state index contributed by atoms with van der Waals surface area (Å²) in [5.41, 5.74) is 1.72. The molecule has 2 aromatic rings. The van der Waals surface area contributed by atoms with Crippen LogP contribution >= 0.6 is 23.8 Å². The maximum Gasteiger partial charge on any atom is 0.469 e. The zero-order valence-electron chi connectivity index (χ0n) is 10.5. The van der Waals surface area contributed by atoms with Crippen LogP contribution in [-0.2, 0) is 13.4 Å². The molecule has 0 aromatic heterocycles. The molecular weight excluding hydrogens is 343 g/mol. The fourth-order valence-electron chi connectivity index (χ4n) is 1.91. The van der Waals surface area contributed by atoms with Crippen LogP contribution in [0.3, 0.4) is 0 Å². The Morgan fingerprint density at radius 1 is 0.950 bits per heavy atom. The van der Waals surface area contributed by atoms with Crippen LogP contribution in [0.2, 0.25) is 0 Å². The number of hydrogen-bond donors (Lipinski definition) is 2. The summed E-state index contributed by atoms with van der Waals surface area (Å²) in [5, 5.41) is 0. The highest BCUT2D eigenvalue weighted by Gasteiger charge is 2.34. The van der Waals surface area contributed by atoms with Gasteiger partial charge < -0.3 is 9.79 Å². The number of halogens is 1. The summed E-state index contributed by atoms with van der Waals surface area (Å²) >= 11 is 3.59. The number of hydrogen-bond acceptors (Lipinski definition) is 2. The highest BCUT2D eigenvalue weighted by atomic mass is 79.9. The first-order valence-electron chi connectivity index (χ1n) is 5.92. The molecule has 0 saturated carbocycles. The minimum atomic E-state index is -4.53. The SMILES string of the molecule is O=P(O)(O)OCC(Br)(c1ccccc1)c1ccccc1. The largest absolute Gasteiger partial charge is 0.469 e. The maximum atomic E-state index is 11.0. The summed E-state index contributed by atoms with van der Waals surface area (Å²) in [4.78, 5) is 17.9. The van der Waals surface area contributed by atoms with Crippen LogP contribution < -0.4 is 0 Å². The molecule has 6 heteroatoms. The molecule has 0 fully saturated rings. The summed E-state index contributed by atoms with van der Waals surface area (Å²) < 4.78 is 14.9. The zero-order valence-corrected chi connectivity index (χ0v) is 13.0. The lowest BCUT2D eigenvalue weighted by Gasteiger charge is -2.28. The Bertz CT molecular complexity index is 558. The summed E-state index contributed by atoms with van der Waals surface area (Å²) in [6, 6.07) is 18.7. The van der Waals surface area contributed by atoms with E-state index in [2.05, 4.69) is 15.9 Å². The third kappa shape index (κ3) is 3.78. The number of phosphoric ester groups is 1. The van der Waals surface area contributed by atoms with Gasteiger partial charge >= 0.3 is 7.82 Å². The molecule has 4 nitrogen and oxygen atoms in total. The molecule has 0 atom stereocenters. The molecule has 0 bridgehead atoms. The van der Waals surface area contributed by atoms with Gasteiger partial charge in [-0.2, -0.15) is 0 Å². The molecule has 2 rings (SSSR count). The molecule has 0 heterocycles. The van der Waals surface area contributed by atoms with Gasteiger partial charge in [0.1, 0.15) is 0 Å². The van der Waals surface area contributed by atoms with Crippen molar-refractivity contribution < 1.29 is 18.9 Å². The second-order valence-electron chi connectivity index (χ2n) is 4.30. The monoisotopic (exact) mass is 356 g/mol. The van der Waals surface area contributed by atoms with E-state index in [1.54, 1.807) is 0 Å². The topological polar surface area (TPSA) is 66.8 Å². The fraction of sp³-hybridized carbons (Fsp3) is 0.143. The van der Waals surface area contributed by atoms with Crippen LogP contribution in [0.25, 0.3) is 0 Å². The number of alkyl halides is 1. The van der Waals surface area contributed by atoms with Crippen molar-refractivity contribution in [1.29, 1.82) is 0 Å². The van der Waals surface area contributed by atoms with Gasteiger partial charge in [0.05, 0.1) is 10.9 Å². The molecule has 0 aliphatic carbocycles. The van der Waals surface area contributed by atoms with Gasteiger partial charge in [-0.3, -0.25) is 4.52 Å². The molecule has 0 aliphatic rings. The summed E-state index contributed by atoms with van der Waals surface area (Å²) in [6.07, 6.45) is 0. The Kier molecular flexibility index (Phi) is 4.78. The van der Waals surface area contributed by atoms with E-state index < -0.39 is 12.1 Å². The minimum Gasteiger partial charge on any atom is -0.303 e. The van der Waals surface area contributed by atoms with Crippen molar-refractivity contribution in [3.05, 3.63) is 71.8 Å². The van der Waals surface area contributed by atoms with Crippen molar-refractivity contribution in [2.24, 2.45) is 0 Å². The molecule has 2 aromatic carbocycles. The lowest BCUT2D eigenvalue weighted by molar-refractivity contribution is 0.187. The van der Waals surface area contributed by atoms with E-state index >= 15 is 0 Å². The van der Waals surface area contributed by atoms with E-state index in [4.69, 9.17) is 14.3 Å². The van der Waals surface area contributed by atoms with Crippen molar-refractivity contribution in [1.82, 2.24) is 0 Å². The molecular formula is C14H14BrO4P. The van der Waals surface area contributed by atoms with Gasteiger partial charge in [0.2, 0.25) is 0 Å². The first-order chi connectivity index (χ1) is 9.42. The fourth-order valence-corrected chi connectivity index (χ4v) is 3.09. The van der Waals surface area contributed by atoms with Crippen molar-refractivity contribution in [2.75, 3.05) is 6.61 Å². The van der Waals surface area contributed by atoms with Crippen molar-refractivity contribution in [3.8, 4) is 0 Å². The van der Waals surface area contributed by atoms with Gasteiger partial charge in [-0.25, -0.2) is 4.57 Å². The van der Waals surface area contributed by atoms with E-state index in [0.29, 0.717) is 0 Å². The normalized spacial score (nSPS) is 12.3. The van der Waals surface area contributed by atoms with E-state index in [0.717, 1.165) is 11.1 Å². The first kappa shape index (κ1) is 15.4. The maximum absolute atomic E-state index is 11.0. The Balaban J connectivity index is 2.41. The molecule has 0 aliphatic heterocycles. The van der Waals surface area contributed by atoms with Gasteiger partial charge in [-0.15, -0.1) is 0 Å². The zero-order chi connectivity index (χ0) is 14.6. The van der Waals surface area contributed by atoms with Crippen LogP contribution in [0.15, 0.2) is 60.7 Å². The summed E-state index contributed by atoms with van der Waals surface area (Å²) in [5.74, 6) is 0. The molecule has 20 heavy (non-hydrogen) atoms. The average Bonchev–Trinajstić information content (AvgIpc) is 2.46. The van der Waals surface area contributed by atoms with Crippen molar-refractivity contribution >= 4 is 23.8 Å². The first-order valence-corrected chi connectivity index (χ1v) is 8.24. The molecule has 0 spiro atoms. The van der Waals surface area contributed by atoms with E-state index in [1.807, 2.05) is 60.7 Å².